The second kappa shape index (κ2) is 7.73. The van der Waals surface area contributed by atoms with E-state index in [1.54, 1.807) is 4.68 Å². The number of anilines is 1. The molecule has 4 rings (SSSR count). The van der Waals surface area contributed by atoms with Crippen molar-refractivity contribution in [2.24, 2.45) is 0 Å². The first kappa shape index (κ1) is 17.5. The first-order chi connectivity index (χ1) is 13.2. The Bertz CT molecular complexity index is 931. The van der Waals surface area contributed by atoms with Crippen LogP contribution in [0.25, 0.3) is 16.9 Å². The number of aromatic nitrogens is 2. The van der Waals surface area contributed by atoms with Crippen LogP contribution in [0.3, 0.4) is 0 Å². The van der Waals surface area contributed by atoms with Crippen molar-refractivity contribution < 1.29 is 14.3 Å². The molecule has 1 saturated heterocycles. The van der Waals surface area contributed by atoms with Gasteiger partial charge >= 0.3 is 0 Å². The van der Waals surface area contributed by atoms with Crippen LogP contribution >= 0.6 is 0 Å². The largest absolute Gasteiger partial charge is 0.376 e. The molecule has 1 N–H and O–H groups in total. The number of carbonyl (C=O) groups is 1. The van der Waals surface area contributed by atoms with Gasteiger partial charge < -0.3 is 14.8 Å². The van der Waals surface area contributed by atoms with Gasteiger partial charge in [-0.2, -0.15) is 5.10 Å². The molecule has 2 heterocycles. The number of nitrogens with one attached hydrogen (secondary N) is 1. The molecule has 1 aliphatic heterocycles. The fourth-order valence-electron chi connectivity index (χ4n) is 3.03. The number of hydrogen-bond donors (Lipinski definition) is 1. The van der Waals surface area contributed by atoms with E-state index in [9.17, 15) is 4.79 Å². The lowest BCUT2D eigenvalue weighted by molar-refractivity contribution is -0.142. The number of hydrogen-bond acceptors (Lipinski definition) is 4. The summed E-state index contributed by atoms with van der Waals surface area (Å²) in [5, 5.41) is 7.66. The zero-order chi connectivity index (χ0) is 18.6. The van der Waals surface area contributed by atoms with Gasteiger partial charge in [0.15, 0.2) is 6.10 Å². The van der Waals surface area contributed by atoms with Gasteiger partial charge in [0.05, 0.1) is 31.2 Å². The Morgan fingerprint density at radius 1 is 1.11 bits per heavy atom. The van der Waals surface area contributed by atoms with Gasteiger partial charge in [0, 0.05) is 11.6 Å². The lowest BCUT2D eigenvalue weighted by Gasteiger charge is -2.22. The van der Waals surface area contributed by atoms with E-state index in [0.717, 1.165) is 22.5 Å². The van der Waals surface area contributed by atoms with Gasteiger partial charge in [-0.1, -0.05) is 42.0 Å². The molecule has 0 aliphatic carbocycles. The monoisotopic (exact) mass is 363 g/mol. The molecule has 1 aliphatic rings. The van der Waals surface area contributed by atoms with E-state index < -0.39 is 6.10 Å². The maximum Gasteiger partial charge on any atom is 0.257 e. The Labute approximate surface area is 157 Å². The van der Waals surface area contributed by atoms with E-state index in [-0.39, 0.29) is 12.5 Å². The van der Waals surface area contributed by atoms with Crippen LogP contribution in [0.15, 0.2) is 60.7 Å². The predicted molar refractivity (Wildman–Crippen MR) is 103 cm³/mol. The van der Waals surface area contributed by atoms with Gasteiger partial charge in [0.25, 0.3) is 5.91 Å². The van der Waals surface area contributed by atoms with E-state index in [2.05, 4.69) is 11.4 Å². The minimum absolute atomic E-state index is 0.234. The van der Waals surface area contributed by atoms with Crippen molar-refractivity contribution in [2.75, 3.05) is 25.1 Å². The van der Waals surface area contributed by atoms with Crippen molar-refractivity contribution >= 4 is 11.7 Å². The molecule has 0 bridgehead atoms. The third kappa shape index (κ3) is 3.92. The van der Waals surface area contributed by atoms with Crippen molar-refractivity contribution in [3.05, 3.63) is 66.2 Å². The molecule has 1 amide bonds. The molecule has 1 atom stereocenters. The van der Waals surface area contributed by atoms with Crippen LogP contribution < -0.4 is 5.32 Å². The van der Waals surface area contributed by atoms with Crippen molar-refractivity contribution in [2.45, 2.75) is 13.0 Å². The van der Waals surface area contributed by atoms with Crippen LogP contribution in [-0.4, -0.2) is 41.6 Å². The summed E-state index contributed by atoms with van der Waals surface area (Å²) in [7, 11) is 0. The minimum Gasteiger partial charge on any atom is -0.376 e. The molecule has 138 valence electrons. The zero-order valence-electron chi connectivity index (χ0n) is 15.1. The van der Waals surface area contributed by atoms with Gasteiger partial charge in [-0.25, -0.2) is 4.68 Å². The molecule has 6 heteroatoms. The highest BCUT2D eigenvalue weighted by Gasteiger charge is 2.24. The van der Waals surface area contributed by atoms with E-state index >= 15 is 0 Å². The number of carbonyl (C=O) groups excluding carboxylic acids is 1. The molecule has 1 fully saturated rings. The molecular weight excluding hydrogens is 342 g/mol. The standard InChI is InChI=1S/C21H21N3O3/c1-15-6-5-7-16(12-15)18-13-20(22-21(25)19-14-26-10-11-27-19)24(23-18)17-8-3-2-4-9-17/h2-9,12-13,19H,10-11,14H2,1H3,(H,22,25). The molecule has 0 radical (unpaired) electrons. The molecule has 3 aromatic rings. The van der Waals surface area contributed by atoms with E-state index in [1.807, 2.05) is 61.5 Å². The molecule has 6 nitrogen and oxygen atoms in total. The number of ether oxygens (including phenoxy) is 2. The van der Waals surface area contributed by atoms with Crippen LogP contribution in [0, 0.1) is 6.92 Å². The molecule has 1 unspecified atom stereocenters. The quantitative estimate of drug-likeness (QED) is 0.773. The highest BCUT2D eigenvalue weighted by Crippen LogP contribution is 2.25. The Hall–Kier alpha value is -2.96. The topological polar surface area (TPSA) is 65.4 Å². The average Bonchev–Trinajstić information content (AvgIpc) is 3.13. The van der Waals surface area contributed by atoms with Crippen LogP contribution in [-0.2, 0) is 14.3 Å². The molecule has 2 aromatic carbocycles. The van der Waals surface area contributed by atoms with Crippen molar-refractivity contribution in [3.63, 3.8) is 0 Å². The van der Waals surface area contributed by atoms with Crippen molar-refractivity contribution in [1.82, 2.24) is 9.78 Å². The van der Waals surface area contributed by atoms with Crippen LogP contribution in [0.5, 0.6) is 0 Å². The highest BCUT2D eigenvalue weighted by molar-refractivity contribution is 5.94. The summed E-state index contributed by atoms with van der Waals surface area (Å²) in [5.41, 5.74) is 3.81. The van der Waals surface area contributed by atoms with Gasteiger partial charge in [0.1, 0.15) is 5.82 Å². The Kier molecular flexibility index (Phi) is 5.00. The van der Waals surface area contributed by atoms with Crippen LogP contribution in [0.1, 0.15) is 5.56 Å². The number of amides is 1. The zero-order valence-corrected chi connectivity index (χ0v) is 15.1. The maximum absolute atomic E-state index is 12.6. The van der Waals surface area contributed by atoms with Crippen LogP contribution in [0.4, 0.5) is 5.82 Å². The summed E-state index contributed by atoms with van der Waals surface area (Å²) >= 11 is 0. The van der Waals surface area contributed by atoms with E-state index in [4.69, 9.17) is 14.6 Å². The second-order valence-electron chi connectivity index (χ2n) is 6.46. The first-order valence-corrected chi connectivity index (χ1v) is 8.93. The van der Waals surface area contributed by atoms with E-state index in [0.29, 0.717) is 19.0 Å². The Morgan fingerprint density at radius 3 is 2.70 bits per heavy atom. The second-order valence-corrected chi connectivity index (χ2v) is 6.46. The lowest BCUT2D eigenvalue weighted by atomic mass is 10.1. The number of aryl methyl sites for hydroxylation is 1. The Morgan fingerprint density at radius 2 is 1.96 bits per heavy atom. The molecule has 0 saturated carbocycles. The molecule has 27 heavy (non-hydrogen) atoms. The summed E-state index contributed by atoms with van der Waals surface area (Å²) in [6.07, 6.45) is -0.611. The summed E-state index contributed by atoms with van der Waals surface area (Å²) in [6, 6.07) is 19.7. The van der Waals surface area contributed by atoms with Crippen LogP contribution in [0.2, 0.25) is 0 Å². The Balaban J connectivity index is 1.69. The molecule has 1 aromatic heterocycles. The van der Waals surface area contributed by atoms with Gasteiger partial charge in [0.2, 0.25) is 0 Å². The number of nitrogens with zero attached hydrogens (tertiary/aromatic N) is 2. The highest BCUT2D eigenvalue weighted by atomic mass is 16.6. The molecular formula is C21H21N3O3. The summed E-state index contributed by atoms with van der Waals surface area (Å²) < 4.78 is 12.6. The summed E-state index contributed by atoms with van der Waals surface area (Å²) in [4.78, 5) is 12.6. The number of benzene rings is 2. The predicted octanol–water partition coefficient (Wildman–Crippen LogP) is 3.20. The maximum atomic E-state index is 12.6. The SMILES string of the molecule is Cc1cccc(-c2cc(NC(=O)C3COCCO3)n(-c3ccccc3)n2)c1. The minimum atomic E-state index is -0.611. The van der Waals surface area contributed by atoms with Crippen molar-refractivity contribution in [1.29, 1.82) is 0 Å². The first-order valence-electron chi connectivity index (χ1n) is 8.93. The molecule has 0 spiro atoms. The summed E-state index contributed by atoms with van der Waals surface area (Å²) in [6.45, 7) is 3.24. The average molecular weight is 363 g/mol. The van der Waals surface area contributed by atoms with E-state index in [1.165, 1.54) is 0 Å². The smallest absolute Gasteiger partial charge is 0.257 e. The van der Waals surface area contributed by atoms with Crippen molar-refractivity contribution in [3.8, 4) is 16.9 Å². The van der Waals surface area contributed by atoms with Gasteiger partial charge in [-0.15, -0.1) is 0 Å². The summed E-state index contributed by atoms with van der Waals surface area (Å²) in [5.74, 6) is 0.361. The number of rotatable bonds is 4. The fraction of sp³-hybridized carbons (Fsp3) is 0.238. The van der Waals surface area contributed by atoms with Gasteiger partial charge in [-0.3, -0.25) is 4.79 Å². The lowest BCUT2D eigenvalue weighted by Crippen LogP contribution is -2.39. The third-order valence-electron chi connectivity index (χ3n) is 4.38. The normalized spacial score (nSPS) is 16.9. The van der Waals surface area contributed by atoms with Gasteiger partial charge in [-0.05, 0) is 25.1 Å². The third-order valence-corrected chi connectivity index (χ3v) is 4.38. The number of para-hydroxylation sites is 1. The fourth-order valence-corrected chi connectivity index (χ4v) is 3.03.